The summed E-state index contributed by atoms with van der Waals surface area (Å²) in [7, 11) is -2.92. The van der Waals surface area contributed by atoms with Crippen LogP contribution in [0.2, 0.25) is 0 Å². The van der Waals surface area contributed by atoms with Crippen LogP contribution in [0.25, 0.3) is 5.65 Å². The minimum atomic E-state index is -2.92. The smallest absolute Gasteiger partial charge is 0.163 e. The van der Waals surface area contributed by atoms with Crippen LogP contribution >= 0.6 is 0 Å². The van der Waals surface area contributed by atoms with Crippen LogP contribution in [0.4, 0.5) is 0 Å². The standard InChI is InChI=1S/C10H13N5O2S/c16-18(17)4-3-12-8(6-18)5-10-14-13-9-1-2-11-7-15(9)10/h1-2,7-8,12H,3-6H2. The molecule has 1 fully saturated rings. The minimum Gasteiger partial charge on any atom is -0.312 e. The highest BCUT2D eigenvalue weighted by Gasteiger charge is 2.25. The third kappa shape index (κ3) is 2.21. The minimum absolute atomic E-state index is 0.101. The lowest BCUT2D eigenvalue weighted by molar-refractivity contribution is 0.507. The van der Waals surface area contributed by atoms with Crippen molar-refractivity contribution < 1.29 is 8.42 Å². The van der Waals surface area contributed by atoms with Gasteiger partial charge in [0.15, 0.2) is 15.5 Å². The largest absolute Gasteiger partial charge is 0.312 e. The van der Waals surface area contributed by atoms with Gasteiger partial charge in [0.2, 0.25) is 0 Å². The number of nitrogens with one attached hydrogen (secondary N) is 1. The maximum Gasteiger partial charge on any atom is 0.163 e. The van der Waals surface area contributed by atoms with Crippen LogP contribution in [0.3, 0.4) is 0 Å². The summed E-state index contributed by atoms with van der Waals surface area (Å²) in [5, 5.41) is 11.3. The van der Waals surface area contributed by atoms with E-state index in [1.165, 1.54) is 0 Å². The predicted octanol–water partition coefficient (Wildman–Crippen LogP) is -0.947. The van der Waals surface area contributed by atoms with Crippen molar-refractivity contribution in [3.05, 3.63) is 24.4 Å². The fraction of sp³-hybridized carbons (Fsp3) is 0.500. The van der Waals surface area contributed by atoms with Gasteiger partial charge in [0.25, 0.3) is 0 Å². The van der Waals surface area contributed by atoms with E-state index in [1.807, 2.05) is 0 Å². The molecule has 0 amide bonds. The zero-order valence-electron chi connectivity index (χ0n) is 9.65. The lowest BCUT2D eigenvalue weighted by Crippen LogP contribution is -2.46. The molecule has 1 aliphatic rings. The van der Waals surface area contributed by atoms with E-state index >= 15 is 0 Å². The van der Waals surface area contributed by atoms with Crippen LogP contribution in [0.5, 0.6) is 0 Å². The van der Waals surface area contributed by atoms with Gasteiger partial charge in [-0.2, -0.15) is 0 Å². The highest BCUT2D eigenvalue weighted by molar-refractivity contribution is 7.91. The highest BCUT2D eigenvalue weighted by Crippen LogP contribution is 2.08. The molecule has 96 valence electrons. The van der Waals surface area contributed by atoms with Crippen molar-refractivity contribution in [1.29, 1.82) is 0 Å². The van der Waals surface area contributed by atoms with E-state index in [-0.39, 0.29) is 17.5 Å². The molecule has 1 unspecified atom stereocenters. The second-order valence-electron chi connectivity index (χ2n) is 4.39. The monoisotopic (exact) mass is 267 g/mol. The van der Waals surface area contributed by atoms with Crippen LogP contribution in [-0.2, 0) is 16.3 Å². The van der Waals surface area contributed by atoms with Crippen molar-refractivity contribution in [3.63, 3.8) is 0 Å². The molecule has 7 nitrogen and oxygen atoms in total. The first-order valence-corrected chi connectivity index (χ1v) is 7.54. The summed E-state index contributed by atoms with van der Waals surface area (Å²) < 4.78 is 24.9. The van der Waals surface area contributed by atoms with Gasteiger partial charge in [0.1, 0.15) is 12.2 Å². The zero-order chi connectivity index (χ0) is 12.6. The molecule has 3 rings (SSSR count). The number of aromatic nitrogens is 4. The molecule has 0 aliphatic carbocycles. The van der Waals surface area contributed by atoms with Gasteiger partial charge in [0, 0.05) is 31.3 Å². The Hall–Kier alpha value is -1.54. The van der Waals surface area contributed by atoms with Crippen LogP contribution in [0.1, 0.15) is 5.82 Å². The van der Waals surface area contributed by atoms with Gasteiger partial charge in [-0.3, -0.25) is 4.40 Å². The summed E-state index contributed by atoms with van der Waals surface area (Å²) >= 11 is 0. The van der Waals surface area contributed by atoms with Crippen LogP contribution in [0.15, 0.2) is 18.6 Å². The summed E-state index contributed by atoms with van der Waals surface area (Å²) in [6, 6.07) is 1.66. The first-order valence-electron chi connectivity index (χ1n) is 5.71. The molecule has 0 aromatic carbocycles. The number of hydrogen-bond acceptors (Lipinski definition) is 6. The third-order valence-electron chi connectivity index (χ3n) is 3.01. The number of hydrogen-bond donors (Lipinski definition) is 1. The Labute approximate surface area is 104 Å². The van der Waals surface area contributed by atoms with Gasteiger partial charge in [-0.15, -0.1) is 10.2 Å². The van der Waals surface area contributed by atoms with Crippen molar-refractivity contribution in [2.45, 2.75) is 12.5 Å². The number of nitrogens with zero attached hydrogens (tertiary/aromatic N) is 4. The van der Waals surface area contributed by atoms with E-state index in [4.69, 9.17) is 0 Å². The quantitative estimate of drug-likeness (QED) is 0.755. The van der Waals surface area contributed by atoms with E-state index in [9.17, 15) is 8.42 Å². The topological polar surface area (TPSA) is 89.2 Å². The Morgan fingerprint density at radius 2 is 2.33 bits per heavy atom. The molecule has 18 heavy (non-hydrogen) atoms. The Bertz CT molecular complexity index is 666. The van der Waals surface area contributed by atoms with E-state index in [1.54, 1.807) is 23.0 Å². The Kier molecular flexibility index (Phi) is 2.75. The van der Waals surface area contributed by atoms with Gasteiger partial charge in [-0.1, -0.05) is 0 Å². The second kappa shape index (κ2) is 4.29. The molecule has 8 heteroatoms. The maximum atomic E-state index is 11.6. The highest BCUT2D eigenvalue weighted by atomic mass is 32.2. The van der Waals surface area contributed by atoms with Crippen molar-refractivity contribution in [2.75, 3.05) is 18.1 Å². The van der Waals surface area contributed by atoms with Gasteiger partial charge in [0.05, 0.1) is 11.5 Å². The molecular weight excluding hydrogens is 254 g/mol. The van der Waals surface area contributed by atoms with Crippen LogP contribution in [0, 0.1) is 0 Å². The summed E-state index contributed by atoms with van der Waals surface area (Å²) in [4.78, 5) is 4.01. The van der Waals surface area contributed by atoms with Crippen molar-refractivity contribution >= 4 is 15.5 Å². The fourth-order valence-corrected chi connectivity index (χ4v) is 3.59. The average Bonchev–Trinajstić information content (AvgIpc) is 2.72. The molecule has 2 aromatic heterocycles. The maximum absolute atomic E-state index is 11.6. The summed E-state index contributed by atoms with van der Waals surface area (Å²) in [5.74, 6) is 1.10. The molecule has 3 heterocycles. The molecule has 0 radical (unpaired) electrons. The van der Waals surface area contributed by atoms with Gasteiger partial charge >= 0.3 is 0 Å². The lowest BCUT2D eigenvalue weighted by Gasteiger charge is -2.22. The second-order valence-corrected chi connectivity index (χ2v) is 6.62. The van der Waals surface area contributed by atoms with E-state index < -0.39 is 9.84 Å². The van der Waals surface area contributed by atoms with Gasteiger partial charge in [-0.05, 0) is 0 Å². The molecule has 1 saturated heterocycles. The van der Waals surface area contributed by atoms with Crippen molar-refractivity contribution in [1.82, 2.24) is 24.9 Å². The molecule has 0 spiro atoms. The van der Waals surface area contributed by atoms with Crippen molar-refractivity contribution in [3.8, 4) is 0 Å². The number of sulfone groups is 1. The van der Waals surface area contributed by atoms with Gasteiger partial charge < -0.3 is 5.32 Å². The van der Waals surface area contributed by atoms with Crippen LogP contribution < -0.4 is 5.32 Å². The molecule has 0 saturated carbocycles. The summed E-state index contributed by atoms with van der Waals surface area (Å²) in [5.41, 5.74) is 0.721. The van der Waals surface area contributed by atoms with E-state index in [0.29, 0.717) is 13.0 Å². The van der Waals surface area contributed by atoms with E-state index in [0.717, 1.165) is 11.5 Å². The summed E-state index contributed by atoms with van der Waals surface area (Å²) in [6.45, 7) is 0.502. The number of rotatable bonds is 2. The summed E-state index contributed by atoms with van der Waals surface area (Å²) in [6.07, 6.45) is 3.82. The predicted molar refractivity (Wildman–Crippen MR) is 64.9 cm³/mol. The Morgan fingerprint density at radius 1 is 1.44 bits per heavy atom. The third-order valence-corrected chi connectivity index (χ3v) is 4.75. The SMILES string of the molecule is O=S1(=O)CCNC(Cc2nnc3ccncn23)C1. The fourth-order valence-electron chi connectivity index (χ4n) is 2.15. The van der Waals surface area contributed by atoms with E-state index in [2.05, 4.69) is 20.5 Å². The molecule has 1 atom stereocenters. The molecule has 2 aromatic rings. The Morgan fingerprint density at radius 3 is 3.17 bits per heavy atom. The molecule has 0 bridgehead atoms. The van der Waals surface area contributed by atoms with Crippen molar-refractivity contribution in [2.24, 2.45) is 0 Å². The van der Waals surface area contributed by atoms with Crippen LogP contribution in [-0.4, -0.2) is 52.1 Å². The normalized spacial score (nSPS) is 23.2. The first kappa shape index (κ1) is 11.5. The zero-order valence-corrected chi connectivity index (χ0v) is 10.5. The molecule has 1 aliphatic heterocycles. The molecular formula is C10H13N5O2S. The number of fused-ring (bicyclic) bond motifs is 1. The molecule has 1 N–H and O–H groups in total. The lowest BCUT2D eigenvalue weighted by atomic mass is 10.2. The average molecular weight is 267 g/mol. The van der Waals surface area contributed by atoms with Gasteiger partial charge in [-0.25, -0.2) is 13.4 Å². The Balaban J connectivity index is 1.84. The first-order chi connectivity index (χ1) is 8.64.